The molecule has 0 radical (unpaired) electrons. The van der Waals surface area contributed by atoms with Gasteiger partial charge in [0, 0.05) is 5.69 Å². The molecule has 1 fully saturated rings. The molecular formula is C13H17BrFNO2S. The molecule has 106 valence electrons. The summed E-state index contributed by atoms with van der Waals surface area (Å²) in [5.41, 5.74) is 0.393. The number of nitrogens with one attached hydrogen (secondary N) is 1. The van der Waals surface area contributed by atoms with E-state index in [1.807, 2.05) is 0 Å². The van der Waals surface area contributed by atoms with Gasteiger partial charge in [-0.25, -0.2) is 12.8 Å². The van der Waals surface area contributed by atoms with Gasteiger partial charge in [0.15, 0.2) is 0 Å². The fourth-order valence-electron chi connectivity index (χ4n) is 2.44. The van der Waals surface area contributed by atoms with Crippen LogP contribution >= 0.6 is 15.9 Å². The molecule has 6 heteroatoms. The second-order valence-corrected chi connectivity index (χ2v) is 7.64. The highest BCUT2D eigenvalue weighted by molar-refractivity contribution is 9.10. The van der Waals surface area contributed by atoms with Gasteiger partial charge in [0.05, 0.1) is 10.2 Å². The molecule has 0 atom stereocenters. The Bertz CT molecular complexity index is 542. The summed E-state index contributed by atoms with van der Waals surface area (Å²) in [6.45, 7) is 0. The summed E-state index contributed by atoms with van der Waals surface area (Å²) in [5, 5.41) is 0. The van der Waals surface area contributed by atoms with Crippen LogP contribution in [0.1, 0.15) is 32.1 Å². The predicted octanol–water partition coefficient (Wildman–Crippen LogP) is 3.91. The summed E-state index contributed by atoms with van der Waals surface area (Å²) < 4.78 is 39.9. The Morgan fingerprint density at radius 3 is 2.58 bits per heavy atom. The largest absolute Gasteiger partial charge is 0.284 e. The smallest absolute Gasteiger partial charge is 0.232 e. The maximum absolute atomic E-state index is 13.1. The van der Waals surface area contributed by atoms with Gasteiger partial charge >= 0.3 is 0 Å². The van der Waals surface area contributed by atoms with Crippen molar-refractivity contribution < 1.29 is 12.8 Å². The molecule has 1 aromatic rings. The number of halogens is 2. The van der Waals surface area contributed by atoms with E-state index in [-0.39, 0.29) is 16.1 Å². The number of benzene rings is 1. The quantitative estimate of drug-likeness (QED) is 0.895. The second-order valence-electron chi connectivity index (χ2n) is 5.02. The average Bonchev–Trinajstić information content (AvgIpc) is 2.34. The van der Waals surface area contributed by atoms with Crippen molar-refractivity contribution in [2.45, 2.75) is 32.1 Å². The van der Waals surface area contributed by atoms with Crippen LogP contribution in [0.25, 0.3) is 0 Å². The normalized spacial score (nSPS) is 17.4. The van der Waals surface area contributed by atoms with Gasteiger partial charge in [-0.2, -0.15) is 0 Å². The Hall–Kier alpha value is -0.620. The molecule has 1 saturated carbocycles. The third-order valence-electron chi connectivity index (χ3n) is 3.37. The van der Waals surface area contributed by atoms with Crippen molar-refractivity contribution in [1.82, 2.24) is 0 Å². The molecule has 19 heavy (non-hydrogen) atoms. The first-order valence-corrected chi connectivity index (χ1v) is 8.86. The molecular weight excluding hydrogens is 333 g/mol. The Morgan fingerprint density at radius 2 is 1.95 bits per heavy atom. The zero-order valence-electron chi connectivity index (χ0n) is 10.5. The van der Waals surface area contributed by atoms with E-state index in [9.17, 15) is 12.8 Å². The molecule has 0 bridgehead atoms. The number of sulfonamides is 1. The van der Waals surface area contributed by atoms with Crippen LogP contribution < -0.4 is 4.72 Å². The Labute approximate surface area is 121 Å². The summed E-state index contributed by atoms with van der Waals surface area (Å²) in [6.07, 6.45) is 5.39. The van der Waals surface area contributed by atoms with Crippen LogP contribution in [0.4, 0.5) is 10.1 Å². The lowest BCUT2D eigenvalue weighted by atomic mass is 9.91. The van der Waals surface area contributed by atoms with E-state index in [1.165, 1.54) is 24.6 Å². The van der Waals surface area contributed by atoms with Crippen molar-refractivity contribution in [3.63, 3.8) is 0 Å². The third kappa shape index (κ3) is 4.45. The van der Waals surface area contributed by atoms with Crippen molar-refractivity contribution >= 4 is 31.6 Å². The Balaban J connectivity index is 2.01. The summed E-state index contributed by atoms with van der Waals surface area (Å²) in [6, 6.07) is 4.11. The number of anilines is 1. The van der Waals surface area contributed by atoms with E-state index in [1.54, 1.807) is 0 Å². The first kappa shape index (κ1) is 14.8. The second kappa shape index (κ2) is 6.22. The maximum atomic E-state index is 13.1. The van der Waals surface area contributed by atoms with Gasteiger partial charge in [-0.05, 0) is 52.9 Å². The minimum atomic E-state index is -3.36. The lowest BCUT2D eigenvalue weighted by Crippen LogP contribution is -2.24. The highest BCUT2D eigenvalue weighted by Crippen LogP contribution is 2.26. The molecule has 3 nitrogen and oxygen atoms in total. The molecule has 1 aromatic carbocycles. The molecule has 1 N–H and O–H groups in total. The summed E-state index contributed by atoms with van der Waals surface area (Å²) in [7, 11) is -3.36. The highest BCUT2D eigenvalue weighted by atomic mass is 79.9. The van der Waals surface area contributed by atoms with Crippen LogP contribution in [0.2, 0.25) is 0 Å². The zero-order valence-corrected chi connectivity index (χ0v) is 12.9. The number of hydrogen-bond acceptors (Lipinski definition) is 2. The molecule has 0 heterocycles. The van der Waals surface area contributed by atoms with Crippen LogP contribution in [-0.4, -0.2) is 14.2 Å². The molecule has 2 rings (SSSR count). The standard InChI is InChI=1S/C13H17BrFNO2S/c14-12-8-11(6-7-13(12)15)16-19(17,18)9-10-4-2-1-3-5-10/h6-8,10,16H,1-5,9H2. The van der Waals surface area contributed by atoms with Crippen LogP contribution in [0.3, 0.4) is 0 Å². The molecule has 1 aliphatic carbocycles. The fraction of sp³-hybridized carbons (Fsp3) is 0.538. The minimum Gasteiger partial charge on any atom is -0.284 e. The first-order chi connectivity index (χ1) is 8.96. The monoisotopic (exact) mass is 349 g/mol. The summed E-state index contributed by atoms with van der Waals surface area (Å²) in [4.78, 5) is 0. The van der Waals surface area contributed by atoms with Gasteiger partial charge in [-0.1, -0.05) is 19.3 Å². The average molecular weight is 350 g/mol. The summed E-state index contributed by atoms with van der Waals surface area (Å²) in [5.74, 6) is -0.00694. The van der Waals surface area contributed by atoms with E-state index >= 15 is 0 Å². The van der Waals surface area contributed by atoms with Gasteiger partial charge < -0.3 is 0 Å². The van der Waals surface area contributed by atoms with Crippen LogP contribution in [-0.2, 0) is 10.0 Å². The lowest BCUT2D eigenvalue weighted by Gasteiger charge is -2.21. The number of rotatable bonds is 4. The van der Waals surface area contributed by atoms with Crippen molar-refractivity contribution in [1.29, 1.82) is 0 Å². The van der Waals surface area contributed by atoms with Crippen LogP contribution in [0.15, 0.2) is 22.7 Å². The van der Waals surface area contributed by atoms with Gasteiger partial charge in [0.1, 0.15) is 5.82 Å². The van der Waals surface area contributed by atoms with Gasteiger partial charge in [0.2, 0.25) is 10.0 Å². The Kier molecular flexibility index (Phi) is 4.84. The van der Waals surface area contributed by atoms with Gasteiger partial charge in [-0.3, -0.25) is 4.72 Å². The topological polar surface area (TPSA) is 46.2 Å². The molecule has 0 unspecified atom stereocenters. The van der Waals surface area contributed by atoms with E-state index in [2.05, 4.69) is 20.7 Å². The molecule has 0 amide bonds. The van der Waals surface area contributed by atoms with E-state index in [0.29, 0.717) is 5.69 Å². The first-order valence-electron chi connectivity index (χ1n) is 6.42. The van der Waals surface area contributed by atoms with Crippen molar-refractivity contribution in [2.24, 2.45) is 5.92 Å². The zero-order chi connectivity index (χ0) is 13.9. The highest BCUT2D eigenvalue weighted by Gasteiger charge is 2.21. The molecule has 0 saturated heterocycles. The van der Waals surface area contributed by atoms with E-state index in [4.69, 9.17) is 0 Å². The molecule has 0 aromatic heterocycles. The Morgan fingerprint density at radius 1 is 1.26 bits per heavy atom. The maximum Gasteiger partial charge on any atom is 0.232 e. The van der Waals surface area contributed by atoms with Crippen LogP contribution in [0.5, 0.6) is 0 Å². The van der Waals surface area contributed by atoms with Crippen molar-refractivity contribution in [3.05, 3.63) is 28.5 Å². The lowest BCUT2D eigenvalue weighted by molar-refractivity contribution is 0.385. The van der Waals surface area contributed by atoms with Crippen molar-refractivity contribution in [3.8, 4) is 0 Å². The fourth-order valence-corrected chi connectivity index (χ4v) is 4.35. The summed E-state index contributed by atoms with van der Waals surface area (Å²) >= 11 is 3.04. The predicted molar refractivity (Wildman–Crippen MR) is 78.1 cm³/mol. The molecule has 1 aliphatic rings. The number of hydrogen-bond donors (Lipinski definition) is 1. The molecule has 0 spiro atoms. The SMILES string of the molecule is O=S(=O)(CC1CCCCC1)Nc1ccc(F)c(Br)c1. The van der Waals surface area contributed by atoms with Crippen LogP contribution in [0, 0.1) is 11.7 Å². The third-order valence-corrected chi connectivity index (χ3v) is 5.44. The molecule has 0 aliphatic heterocycles. The van der Waals surface area contributed by atoms with Gasteiger partial charge in [0.25, 0.3) is 0 Å². The van der Waals surface area contributed by atoms with E-state index < -0.39 is 15.8 Å². The van der Waals surface area contributed by atoms with Crippen molar-refractivity contribution in [2.75, 3.05) is 10.5 Å². The minimum absolute atomic E-state index is 0.155. The van der Waals surface area contributed by atoms with Gasteiger partial charge in [-0.15, -0.1) is 0 Å². The van der Waals surface area contributed by atoms with E-state index in [0.717, 1.165) is 25.7 Å².